The summed E-state index contributed by atoms with van der Waals surface area (Å²) in [6.07, 6.45) is 12.5. The molecule has 4 aromatic rings. The largest absolute Gasteiger partial charge is 0.299 e. The van der Waals surface area contributed by atoms with E-state index in [1.54, 1.807) is 10.9 Å². The van der Waals surface area contributed by atoms with Gasteiger partial charge in [0.2, 0.25) is 0 Å². The maximum absolute atomic E-state index is 13.1. The average Bonchev–Trinajstić information content (AvgIpc) is 2.96. The van der Waals surface area contributed by atoms with Gasteiger partial charge in [-0.2, -0.15) is 0 Å². The minimum Gasteiger partial charge on any atom is -0.299 e. The van der Waals surface area contributed by atoms with Gasteiger partial charge in [-0.1, -0.05) is 73.3 Å². The number of nitrogens with zero attached hydrogens (tertiary/aromatic N) is 3. The summed E-state index contributed by atoms with van der Waals surface area (Å²) in [4.78, 5) is 20.4. The summed E-state index contributed by atoms with van der Waals surface area (Å²) in [7, 11) is 0. The van der Waals surface area contributed by atoms with Gasteiger partial charge in [-0.25, -0.2) is 4.98 Å². The first-order valence-corrected chi connectivity index (χ1v) is 14.5. The third-order valence-electron chi connectivity index (χ3n) is 8.90. The van der Waals surface area contributed by atoms with Crippen LogP contribution in [0.3, 0.4) is 0 Å². The molecule has 0 atom stereocenters. The fraction of sp³-hybridized carbons (Fsp3) is 0.394. The number of hydrogen-bond acceptors (Lipinski definition) is 3. The highest BCUT2D eigenvalue weighted by Gasteiger charge is 2.35. The summed E-state index contributed by atoms with van der Waals surface area (Å²) in [5, 5.41) is 1.36. The summed E-state index contributed by atoms with van der Waals surface area (Å²) in [6, 6.07) is 22.5. The lowest BCUT2D eigenvalue weighted by Gasteiger charge is -2.44. The minimum atomic E-state index is 0.00936. The molecular formula is C33H36ClN3O. The molecule has 1 aromatic heterocycles. The lowest BCUT2D eigenvalue weighted by atomic mass is 9.68. The van der Waals surface area contributed by atoms with Gasteiger partial charge in [-0.05, 0) is 97.1 Å². The Labute approximate surface area is 230 Å². The highest BCUT2D eigenvalue weighted by Crippen LogP contribution is 2.44. The summed E-state index contributed by atoms with van der Waals surface area (Å²) < 4.78 is 1.73. The number of aromatic nitrogens is 2. The number of fused-ring (bicyclic) bond motifs is 1. The average molecular weight is 526 g/mol. The molecule has 38 heavy (non-hydrogen) atoms. The van der Waals surface area contributed by atoms with Crippen molar-refractivity contribution >= 4 is 22.5 Å². The molecule has 2 aliphatic rings. The van der Waals surface area contributed by atoms with Crippen molar-refractivity contribution in [3.8, 4) is 11.1 Å². The van der Waals surface area contributed by atoms with Crippen LogP contribution in [0.2, 0.25) is 5.02 Å². The quantitative estimate of drug-likeness (QED) is 0.261. The van der Waals surface area contributed by atoms with Crippen molar-refractivity contribution in [3.05, 3.63) is 99.6 Å². The third kappa shape index (κ3) is 5.57. The molecule has 1 aliphatic heterocycles. The SMILES string of the molecule is O=c1c2ccc(-c3ccc(Cl)cc3)cc2ncn1CCc1ccc(CN2CCC3(CCCCC3)CC2)cc1. The zero-order valence-corrected chi connectivity index (χ0v) is 22.8. The highest BCUT2D eigenvalue weighted by molar-refractivity contribution is 6.30. The zero-order chi connectivity index (χ0) is 26.0. The fourth-order valence-electron chi connectivity index (χ4n) is 6.45. The maximum Gasteiger partial charge on any atom is 0.261 e. The molecule has 1 saturated heterocycles. The molecule has 0 bridgehead atoms. The second-order valence-corrected chi connectivity index (χ2v) is 11.8. The topological polar surface area (TPSA) is 38.1 Å². The highest BCUT2D eigenvalue weighted by atomic mass is 35.5. The Balaban J connectivity index is 1.06. The summed E-state index contributed by atoms with van der Waals surface area (Å²) >= 11 is 6.02. The van der Waals surface area contributed by atoms with Gasteiger partial charge in [0.15, 0.2) is 0 Å². The van der Waals surface area contributed by atoms with E-state index in [4.69, 9.17) is 11.6 Å². The number of benzene rings is 3. The summed E-state index contributed by atoms with van der Waals surface area (Å²) in [6.45, 7) is 4.14. The molecule has 0 N–H and O–H groups in total. The molecule has 2 fully saturated rings. The predicted molar refractivity (Wildman–Crippen MR) is 157 cm³/mol. The minimum absolute atomic E-state index is 0.00936. The number of piperidine rings is 1. The molecule has 196 valence electrons. The van der Waals surface area contributed by atoms with Crippen LogP contribution in [-0.2, 0) is 19.5 Å². The van der Waals surface area contributed by atoms with Crippen LogP contribution in [0.1, 0.15) is 56.1 Å². The van der Waals surface area contributed by atoms with Gasteiger partial charge in [0, 0.05) is 18.1 Å². The predicted octanol–water partition coefficient (Wildman–Crippen LogP) is 7.51. The van der Waals surface area contributed by atoms with Crippen LogP contribution in [0.5, 0.6) is 0 Å². The van der Waals surface area contributed by atoms with Crippen molar-refractivity contribution in [2.75, 3.05) is 13.1 Å². The Hall–Kier alpha value is -2.95. The molecule has 5 heteroatoms. The Bertz CT molecular complexity index is 1440. The van der Waals surface area contributed by atoms with E-state index >= 15 is 0 Å². The van der Waals surface area contributed by atoms with Gasteiger partial charge in [0.1, 0.15) is 0 Å². The Morgan fingerprint density at radius 2 is 1.47 bits per heavy atom. The van der Waals surface area contributed by atoms with Gasteiger partial charge in [-0.15, -0.1) is 0 Å². The molecule has 0 radical (unpaired) electrons. The Morgan fingerprint density at radius 1 is 0.789 bits per heavy atom. The normalized spacial score (nSPS) is 17.7. The first kappa shape index (κ1) is 25.3. The molecule has 1 aliphatic carbocycles. The first-order chi connectivity index (χ1) is 18.6. The van der Waals surface area contributed by atoms with Gasteiger partial charge in [-0.3, -0.25) is 14.3 Å². The number of likely N-dealkylation sites (tertiary alicyclic amines) is 1. The van der Waals surface area contributed by atoms with E-state index in [0.29, 0.717) is 22.4 Å². The molecule has 4 nitrogen and oxygen atoms in total. The second-order valence-electron chi connectivity index (χ2n) is 11.4. The van der Waals surface area contributed by atoms with Crippen LogP contribution < -0.4 is 5.56 Å². The van der Waals surface area contributed by atoms with Gasteiger partial charge in [0.05, 0.1) is 17.2 Å². The zero-order valence-electron chi connectivity index (χ0n) is 22.0. The van der Waals surface area contributed by atoms with E-state index in [1.165, 1.54) is 69.2 Å². The fourth-order valence-corrected chi connectivity index (χ4v) is 6.57. The first-order valence-electron chi connectivity index (χ1n) is 14.1. The molecule has 3 aromatic carbocycles. The van der Waals surface area contributed by atoms with Gasteiger partial charge < -0.3 is 0 Å². The van der Waals surface area contributed by atoms with Crippen molar-refractivity contribution in [2.45, 2.75) is 64.5 Å². The van der Waals surface area contributed by atoms with E-state index in [-0.39, 0.29) is 5.56 Å². The molecule has 0 amide bonds. The monoisotopic (exact) mass is 525 g/mol. The van der Waals surface area contributed by atoms with E-state index < -0.39 is 0 Å². The van der Waals surface area contributed by atoms with Crippen molar-refractivity contribution in [1.82, 2.24) is 14.5 Å². The number of hydrogen-bond donors (Lipinski definition) is 0. The maximum atomic E-state index is 13.1. The molecule has 1 spiro atoms. The van der Waals surface area contributed by atoms with E-state index in [2.05, 4.69) is 34.1 Å². The number of aryl methyl sites for hydroxylation is 2. The third-order valence-corrected chi connectivity index (χ3v) is 9.16. The van der Waals surface area contributed by atoms with E-state index in [0.717, 1.165) is 29.6 Å². The van der Waals surface area contributed by atoms with Crippen molar-refractivity contribution < 1.29 is 0 Å². The molecule has 0 unspecified atom stereocenters. The van der Waals surface area contributed by atoms with Crippen LogP contribution >= 0.6 is 11.6 Å². The van der Waals surface area contributed by atoms with Crippen LogP contribution in [0.15, 0.2) is 77.9 Å². The van der Waals surface area contributed by atoms with Gasteiger partial charge >= 0.3 is 0 Å². The Morgan fingerprint density at radius 3 is 2.21 bits per heavy atom. The van der Waals surface area contributed by atoms with E-state index in [1.807, 2.05) is 42.5 Å². The van der Waals surface area contributed by atoms with Crippen molar-refractivity contribution in [3.63, 3.8) is 0 Å². The van der Waals surface area contributed by atoms with E-state index in [9.17, 15) is 4.79 Å². The molecule has 6 rings (SSSR count). The molecule has 2 heterocycles. The lowest BCUT2D eigenvalue weighted by molar-refractivity contribution is 0.0641. The van der Waals surface area contributed by atoms with Crippen molar-refractivity contribution in [2.24, 2.45) is 5.41 Å². The van der Waals surface area contributed by atoms with Crippen molar-refractivity contribution in [1.29, 1.82) is 0 Å². The summed E-state index contributed by atoms with van der Waals surface area (Å²) in [5.74, 6) is 0. The van der Waals surface area contributed by atoms with Gasteiger partial charge in [0.25, 0.3) is 5.56 Å². The Kier molecular flexibility index (Phi) is 7.36. The standard InChI is InChI=1S/C33H36ClN3O/c34-29-11-8-27(9-12-29)28-10-13-30-31(22-28)35-24-37(32(30)38)19-14-25-4-6-26(7-5-25)23-36-20-17-33(18-21-36)15-2-1-3-16-33/h4-13,22,24H,1-3,14-21,23H2. The molecule has 1 saturated carbocycles. The van der Waals surface area contributed by atoms with Crippen LogP contribution in [0.25, 0.3) is 22.0 Å². The smallest absolute Gasteiger partial charge is 0.261 e. The number of halogens is 1. The van der Waals surface area contributed by atoms with Crippen LogP contribution in [0, 0.1) is 5.41 Å². The van der Waals surface area contributed by atoms with Crippen LogP contribution in [-0.4, -0.2) is 27.5 Å². The lowest BCUT2D eigenvalue weighted by Crippen LogP contribution is -2.40. The summed E-state index contributed by atoms with van der Waals surface area (Å²) in [5.41, 5.74) is 6.10. The molecular weight excluding hydrogens is 490 g/mol. The number of rotatable bonds is 6. The second kappa shape index (κ2) is 11.0. The van der Waals surface area contributed by atoms with Crippen LogP contribution in [0.4, 0.5) is 0 Å².